The van der Waals surface area contributed by atoms with Gasteiger partial charge in [0, 0.05) is 18.2 Å². The molecule has 3 saturated heterocycles. The zero-order valence-electron chi connectivity index (χ0n) is 33.4. The Kier molecular flexibility index (Phi) is 16.9. The quantitative estimate of drug-likeness (QED) is 0.0452. The Balaban J connectivity index is 1.18. The summed E-state index contributed by atoms with van der Waals surface area (Å²) in [7, 11) is 0. The Labute approximate surface area is 338 Å². The molecule has 18 heteroatoms. The highest BCUT2D eigenvalue weighted by atomic mass is 16.6. The molecule has 11 atom stereocenters. The second-order valence-corrected chi connectivity index (χ2v) is 15.4. The third-order valence-electron chi connectivity index (χ3n) is 10.4. The molecule has 3 heterocycles. The molecule has 1 spiro atoms. The summed E-state index contributed by atoms with van der Waals surface area (Å²) in [5, 5.41) is 26.0. The first-order chi connectivity index (χ1) is 27.4. The number of hydrazine groups is 1. The largest absolute Gasteiger partial charge is 0.443 e. The molecule has 3 aliphatic heterocycles. The van der Waals surface area contributed by atoms with Crippen LogP contribution in [0.3, 0.4) is 0 Å². The fourth-order valence-corrected chi connectivity index (χ4v) is 6.70. The number of aliphatic hydroxyl groups excluding tert-OH is 2. The highest BCUT2D eigenvalue weighted by Gasteiger charge is 2.58. The number of hydrogen-bond acceptors (Lipinski definition) is 13. The number of amides is 5. The summed E-state index contributed by atoms with van der Waals surface area (Å²) in [6.07, 6.45) is 6.20. The number of nitrogens with two attached hydrogens (primary N) is 3. The van der Waals surface area contributed by atoms with E-state index in [1.165, 1.54) is 12.2 Å². The van der Waals surface area contributed by atoms with E-state index in [0.717, 1.165) is 12.0 Å². The standard InChI is InChI=1S/C40H59N7O11/c1-22(5-14-32-23(2)17-31(25(4)57-32)45-34(49)16-7-24(3)48)6-15-33-36(51)40(21-56-40)19-28(58-33)18-35(50)46-47-39(54)55-20-26-8-10-27(11-9-26)44-38(53)30(42)13-12-29(41)37(43)52/h5-11,15-16,23-25,28-33,36,48,51H,12-14,17-21,41-42H2,1-4H3,(H2,43,52)(H,44,53)(H,45,49)(H,46,50)(H,47,54)/t23-,24-,25+,28+,29?,30-,31+,32-,33+,36+,40+/m0/s1. The molecule has 0 saturated carbocycles. The lowest BCUT2D eigenvalue weighted by Crippen LogP contribution is -2.51. The maximum Gasteiger partial charge on any atom is 0.426 e. The SMILES string of the molecule is CC(C=C[C@H]1O[C@H](CC(=O)NNC(=O)OCc2ccc(NC(=O)[C@@H](N)CCC(N)C(N)=O)cc2)C[C@@]2(CO2)[C@@H]1O)=CC[C@@H]1O[C@H](C)[C@H](NC(=O)C=C[C@H](C)O)C[C@@H]1C. The summed E-state index contributed by atoms with van der Waals surface area (Å²) >= 11 is 0. The van der Waals surface area contributed by atoms with Gasteiger partial charge < -0.3 is 57.0 Å². The van der Waals surface area contributed by atoms with Gasteiger partial charge in [0.05, 0.1) is 55.6 Å². The van der Waals surface area contributed by atoms with Crippen molar-refractivity contribution in [3.05, 3.63) is 65.8 Å². The molecule has 1 unspecified atom stereocenters. The number of anilines is 1. The van der Waals surface area contributed by atoms with Gasteiger partial charge in [-0.3, -0.25) is 24.6 Å². The van der Waals surface area contributed by atoms with Gasteiger partial charge in [0.2, 0.25) is 23.6 Å². The van der Waals surface area contributed by atoms with Crippen LogP contribution in [0.4, 0.5) is 10.5 Å². The van der Waals surface area contributed by atoms with Crippen LogP contribution in [-0.4, -0.2) is 107 Å². The zero-order chi connectivity index (χ0) is 42.6. The summed E-state index contributed by atoms with van der Waals surface area (Å²) in [4.78, 5) is 60.7. The molecular weight excluding hydrogens is 754 g/mol. The van der Waals surface area contributed by atoms with Crippen LogP contribution in [0, 0.1) is 5.92 Å². The van der Waals surface area contributed by atoms with Crippen molar-refractivity contribution in [3.8, 4) is 0 Å². The predicted molar refractivity (Wildman–Crippen MR) is 212 cm³/mol. The fraction of sp³-hybridized carbons (Fsp3) is 0.575. The first kappa shape index (κ1) is 46.0. The topological polar surface area (TPSA) is 292 Å². The van der Waals surface area contributed by atoms with Gasteiger partial charge in [0.1, 0.15) is 24.4 Å². The number of aliphatic hydroxyl groups is 2. The van der Waals surface area contributed by atoms with Gasteiger partial charge >= 0.3 is 6.09 Å². The summed E-state index contributed by atoms with van der Waals surface area (Å²) in [6, 6.07) is 4.55. The van der Waals surface area contributed by atoms with Crippen molar-refractivity contribution in [2.45, 2.75) is 133 Å². The Hall–Kier alpha value is -4.69. The number of hydrogen-bond donors (Lipinski definition) is 9. The number of carbonyl (C=O) groups excluding carboxylic acids is 5. The van der Waals surface area contributed by atoms with Crippen molar-refractivity contribution < 1.29 is 53.1 Å². The van der Waals surface area contributed by atoms with Crippen LogP contribution in [-0.2, 0) is 44.7 Å². The van der Waals surface area contributed by atoms with Crippen LogP contribution in [0.2, 0.25) is 0 Å². The first-order valence-corrected chi connectivity index (χ1v) is 19.5. The third kappa shape index (κ3) is 14.3. The highest BCUT2D eigenvalue weighted by molar-refractivity contribution is 5.94. The van der Waals surface area contributed by atoms with Crippen LogP contribution in [0.15, 0.2) is 60.2 Å². The monoisotopic (exact) mass is 813 g/mol. The lowest BCUT2D eigenvalue weighted by molar-refractivity contribution is -0.145. The van der Waals surface area contributed by atoms with E-state index in [2.05, 4.69) is 28.4 Å². The average molecular weight is 814 g/mol. The molecule has 3 aliphatic rings. The number of benzene rings is 1. The second kappa shape index (κ2) is 21.4. The van der Waals surface area contributed by atoms with E-state index in [1.54, 1.807) is 37.3 Å². The fourth-order valence-electron chi connectivity index (χ4n) is 6.70. The van der Waals surface area contributed by atoms with Gasteiger partial charge in [0.15, 0.2) is 0 Å². The summed E-state index contributed by atoms with van der Waals surface area (Å²) in [6.45, 7) is 7.73. The van der Waals surface area contributed by atoms with Gasteiger partial charge in [-0.1, -0.05) is 48.9 Å². The van der Waals surface area contributed by atoms with Crippen molar-refractivity contribution in [1.82, 2.24) is 16.2 Å². The molecule has 5 amide bonds. The number of carbonyl (C=O) groups is 5. The van der Waals surface area contributed by atoms with E-state index in [1.807, 2.05) is 26.0 Å². The van der Waals surface area contributed by atoms with E-state index < -0.39 is 65.9 Å². The van der Waals surface area contributed by atoms with Crippen molar-refractivity contribution >= 4 is 35.4 Å². The Morgan fingerprint density at radius 3 is 2.38 bits per heavy atom. The molecule has 1 aromatic rings. The van der Waals surface area contributed by atoms with Gasteiger partial charge in [0.25, 0.3) is 0 Å². The summed E-state index contributed by atoms with van der Waals surface area (Å²) < 4.78 is 23.2. The van der Waals surface area contributed by atoms with Crippen molar-refractivity contribution in [3.63, 3.8) is 0 Å². The highest BCUT2D eigenvalue weighted by Crippen LogP contribution is 2.43. The molecular formula is C40H59N7O11. The van der Waals surface area contributed by atoms with Gasteiger partial charge in [-0.25, -0.2) is 10.2 Å². The minimum absolute atomic E-state index is 0.0551. The molecule has 0 bridgehead atoms. The minimum Gasteiger partial charge on any atom is -0.443 e. The molecule has 0 aliphatic carbocycles. The molecule has 320 valence electrons. The molecule has 18 nitrogen and oxygen atoms in total. The van der Waals surface area contributed by atoms with Gasteiger partial charge in [-0.2, -0.15) is 0 Å². The van der Waals surface area contributed by atoms with Crippen LogP contribution < -0.4 is 38.7 Å². The number of epoxide rings is 1. The Bertz CT molecular complexity index is 1680. The van der Waals surface area contributed by atoms with Crippen LogP contribution in [0.25, 0.3) is 0 Å². The summed E-state index contributed by atoms with van der Waals surface area (Å²) in [5.74, 6) is -1.76. The van der Waals surface area contributed by atoms with E-state index in [0.29, 0.717) is 30.7 Å². The average Bonchev–Trinajstić information content (AvgIpc) is 3.95. The van der Waals surface area contributed by atoms with Gasteiger partial charge in [-0.05, 0) is 70.1 Å². The molecule has 0 radical (unpaired) electrons. The molecule has 1 aromatic carbocycles. The Morgan fingerprint density at radius 1 is 1.03 bits per heavy atom. The number of ether oxygens (including phenoxy) is 4. The van der Waals surface area contributed by atoms with E-state index in [4.69, 9.17) is 36.1 Å². The maximum atomic E-state index is 12.8. The molecule has 0 aromatic heterocycles. The van der Waals surface area contributed by atoms with Crippen molar-refractivity contribution in [1.29, 1.82) is 0 Å². The number of rotatable bonds is 17. The second-order valence-electron chi connectivity index (χ2n) is 15.4. The lowest BCUT2D eigenvalue weighted by atomic mass is 9.87. The lowest BCUT2D eigenvalue weighted by Gasteiger charge is -2.39. The van der Waals surface area contributed by atoms with Gasteiger partial charge in [-0.15, -0.1) is 0 Å². The van der Waals surface area contributed by atoms with Crippen LogP contribution in [0.5, 0.6) is 0 Å². The van der Waals surface area contributed by atoms with E-state index in [-0.39, 0.29) is 55.9 Å². The third-order valence-corrected chi connectivity index (χ3v) is 10.4. The smallest absolute Gasteiger partial charge is 0.426 e. The number of nitrogens with one attached hydrogen (secondary N) is 4. The minimum atomic E-state index is -0.934. The zero-order valence-corrected chi connectivity index (χ0v) is 33.4. The molecule has 58 heavy (non-hydrogen) atoms. The van der Waals surface area contributed by atoms with E-state index >= 15 is 0 Å². The van der Waals surface area contributed by atoms with E-state index in [9.17, 15) is 34.2 Å². The summed E-state index contributed by atoms with van der Waals surface area (Å²) in [5.41, 5.74) is 22.3. The number of primary amides is 1. The molecule has 3 fully saturated rings. The molecule has 12 N–H and O–H groups in total. The Morgan fingerprint density at radius 2 is 1.72 bits per heavy atom. The molecule has 4 rings (SSSR count). The van der Waals surface area contributed by atoms with Crippen LogP contribution in [0.1, 0.15) is 71.8 Å². The number of allylic oxidation sites excluding steroid dienone is 2. The van der Waals surface area contributed by atoms with Crippen LogP contribution >= 0.6 is 0 Å². The normalized spacial score (nSPS) is 28.7. The predicted octanol–water partition coefficient (Wildman–Crippen LogP) is 0.608. The van der Waals surface area contributed by atoms with Crippen molar-refractivity contribution in [2.24, 2.45) is 23.1 Å². The van der Waals surface area contributed by atoms with Crippen molar-refractivity contribution in [2.75, 3.05) is 11.9 Å². The first-order valence-electron chi connectivity index (χ1n) is 19.5. The maximum absolute atomic E-state index is 12.8.